The van der Waals surface area contributed by atoms with Gasteiger partial charge in [0, 0.05) is 0 Å². The van der Waals surface area contributed by atoms with Crippen molar-refractivity contribution in [1.29, 1.82) is 0 Å². The third-order valence-corrected chi connectivity index (χ3v) is 2.27. The molecule has 10 heavy (non-hydrogen) atoms. The van der Waals surface area contributed by atoms with Crippen LogP contribution in [0.1, 0.15) is 40.0 Å². The molecule has 1 N–H and O–H groups in total. The van der Waals surface area contributed by atoms with Crippen LogP contribution in [-0.2, 0) is 0 Å². The molecular formula is C8H19NSi. The summed E-state index contributed by atoms with van der Waals surface area (Å²) < 4.78 is 0. The molecule has 2 radical (unpaired) electrons. The highest BCUT2D eigenvalue weighted by Gasteiger charge is 1.98. The van der Waals surface area contributed by atoms with Gasteiger partial charge in [-0.1, -0.05) is 33.6 Å². The Morgan fingerprint density at radius 2 is 1.80 bits per heavy atom. The minimum Gasteiger partial charge on any atom is -0.340 e. The molecule has 1 unspecified atom stereocenters. The van der Waals surface area contributed by atoms with Crippen molar-refractivity contribution in [2.45, 2.75) is 46.1 Å². The summed E-state index contributed by atoms with van der Waals surface area (Å²) in [6.45, 7) is 6.77. The average molecular weight is 157 g/mol. The van der Waals surface area contributed by atoms with Gasteiger partial charge in [-0.05, 0) is 18.4 Å². The third-order valence-electron chi connectivity index (χ3n) is 1.70. The van der Waals surface area contributed by atoms with Gasteiger partial charge in [-0.25, -0.2) is 0 Å². The second-order valence-electron chi connectivity index (χ2n) is 3.39. The van der Waals surface area contributed by atoms with E-state index in [2.05, 4.69) is 36.2 Å². The van der Waals surface area contributed by atoms with E-state index in [1.54, 1.807) is 0 Å². The fourth-order valence-corrected chi connectivity index (χ4v) is 1.08. The van der Waals surface area contributed by atoms with Crippen molar-refractivity contribution in [3.8, 4) is 0 Å². The van der Waals surface area contributed by atoms with Gasteiger partial charge in [-0.2, -0.15) is 0 Å². The van der Waals surface area contributed by atoms with Crippen LogP contribution in [0.5, 0.6) is 0 Å². The Morgan fingerprint density at radius 3 is 2.20 bits per heavy atom. The number of hydrogen-bond acceptors (Lipinski definition) is 1. The lowest BCUT2D eigenvalue weighted by molar-refractivity contribution is 0.499. The van der Waals surface area contributed by atoms with E-state index < -0.39 is 0 Å². The van der Waals surface area contributed by atoms with Gasteiger partial charge in [0.2, 0.25) is 0 Å². The van der Waals surface area contributed by atoms with Gasteiger partial charge in [0.1, 0.15) is 10.4 Å². The van der Waals surface area contributed by atoms with E-state index in [0.29, 0.717) is 6.04 Å². The van der Waals surface area contributed by atoms with E-state index in [1.165, 1.54) is 19.3 Å². The first-order valence-electron chi connectivity index (χ1n) is 4.13. The maximum Gasteiger partial charge on any atom is 0.115 e. The van der Waals surface area contributed by atoms with Crippen LogP contribution in [0, 0.1) is 5.92 Å². The first kappa shape index (κ1) is 10.2. The van der Waals surface area contributed by atoms with Crippen LogP contribution in [0.2, 0.25) is 0 Å². The number of rotatable bonds is 5. The Bertz CT molecular complexity index is 73.7. The molecule has 0 aliphatic rings. The lowest BCUT2D eigenvalue weighted by Crippen LogP contribution is -2.22. The number of nitrogens with one attached hydrogen (secondary N) is 1. The summed E-state index contributed by atoms with van der Waals surface area (Å²) >= 11 is 0. The van der Waals surface area contributed by atoms with Crippen molar-refractivity contribution in [2.75, 3.05) is 0 Å². The Balaban J connectivity index is 3.03. The van der Waals surface area contributed by atoms with Crippen molar-refractivity contribution < 1.29 is 0 Å². The van der Waals surface area contributed by atoms with Crippen LogP contribution in [0.3, 0.4) is 0 Å². The highest BCUT2D eigenvalue weighted by molar-refractivity contribution is 6.04. The highest BCUT2D eigenvalue weighted by Crippen LogP contribution is 2.07. The van der Waals surface area contributed by atoms with E-state index in [0.717, 1.165) is 5.92 Å². The molecule has 0 rings (SSSR count). The van der Waals surface area contributed by atoms with Crippen molar-refractivity contribution in [3.05, 3.63) is 0 Å². The van der Waals surface area contributed by atoms with Gasteiger partial charge in [-0.3, -0.25) is 0 Å². The van der Waals surface area contributed by atoms with E-state index in [9.17, 15) is 0 Å². The zero-order chi connectivity index (χ0) is 7.98. The standard InChI is InChI=1S/C8H19NSi/c1-7(2)5-4-6-8(3)9-10/h7-10H,4-6H2,1-3H3. The molecule has 0 bridgehead atoms. The quantitative estimate of drug-likeness (QED) is 0.598. The molecule has 0 saturated carbocycles. The Kier molecular flexibility index (Phi) is 6.03. The van der Waals surface area contributed by atoms with Gasteiger partial charge in [-0.15, -0.1) is 0 Å². The molecule has 0 spiro atoms. The summed E-state index contributed by atoms with van der Waals surface area (Å²) in [4.78, 5) is 3.16. The van der Waals surface area contributed by atoms with E-state index in [1.807, 2.05) is 0 Å². The minimum absolute atomic E-state index is 0.656. The van der Waals surface area contributed by atoms with Gasteiger partial charge in [0.25, 0.3) is 0 Å². The SMILES string of the molecule is CC(C)CCCC(C)N[SiH]. The monoisotopic (exact) mass is 157 g/mol. The molecule has 0 aliphatic carbocycles. The predicted octanol–water partition coefficient (Wildman–Crippen LogP) is 1.61. The molecule has 0 aromatic heterocycles. The molecule has 0 aliphatic heterocycles. The molecular weight excluding hydrogens is 138 g/mol. The first-order valence-corrected chi connectivity index (χ1v) is 4.70. The molecule has 2 heteroatoms. The maximum absolute atomic E-state index is 3.16. The summed E-state index contributed by atoms with van der Waals surface area (Å²) in [6.07, 6.45) is 4.00. The van der Waals surface area contributed by atoms with Crippen LogP contribution in [0.15, 0.2) is 0 Å². The molecule has 0 amide bonds. The summed E-state index contributed by atoms with van der Waals surface area (Å²) in [5.74, 6) is 0.858. The van der Waals surface area contributed by atoms with Crippen LogP contribution in [0.4, 0.5) is 0 Å². The van der Waals surface area contributed by atoms with Crippen molar-refractivity contribution >= 4 is 10.4 Å². The second-order valence-corrected chi connectivity index (χ2v) is 3.73. The van der Waals surface area contributed by atoms with Gasteiger partial charge >= 0.3 is 0 Å². The van der Waals surface area contributed by atoms with E-state index >= 15 is 0 Å². The van der Waals surface area contributed by atoms with Crippen molar-refractivity contribution in [1.82, 2.24) is 4.98 Å². The summed E-state index contributed by atoms with van der Waals surface area (Å²) in [5.41, 5.74) is 0. The Morgan fingerprint density at radius 1 is 1.20 bits per heavy atom. The molecule has 0 fully saturated rings. The summed E-state index contributed by atoms with van der Waals surface area (Å²) in [7, 11) is 2.56. The average Bonchev–Trinajstić information content (AvgIpc) is 1.87. The summed E-state index contributed by atoms with van der Waals surface area (Å²) in [5, 5.41) is 0. The zero-order valence-corrected chi connectivity index (χ0v) is 8.51. The number of hydrogen-bond donors (Lipinski definition) is 1. The fourth-order valence-electron chi connectivity index (χ4n) is 0.916. The molecule has 60 valence electrons. The second kappa shape index (κ2) is 5.92. The van der Waals surface area contributed by atoms with Gasteiger partial charge in [0.15, 0.2) is 0 Å². The zero-order valence-electron chi connectivity index (χ0n) is 7.35. The summed E-state index contributed by atoms with van der Waals surface area (Å²) in [6, 6.07) is 0.656. The van der Waals surface area contributed by atoms with Gasteiger partial charge < -0.3 is 4.98 Å². The molecule has 0 saturated heterocycles. The molecule has 0 aromatic rings. The minimum atomic E-state index is 0.656. The normalized spacial score (nSPS) is 14.1. The van der Waals surface area contributed by atoms with Crippen LogP contribution in [0.25, 0.3) is 0 Å². The topological polar surface area (TPSA) is 12.0 Å². The maximum atomic E-state index is 3.16. The Hall–Kier alpha value is 0.177. The van der Waals surface area contributed by atoms with Crippen molar-refractivity contribution in [3.63, 3.8) is 0 Å². The first-order chi connectivity index (χ1) is 4.66. The smallest absolute Gasteiger partial charge is 0.115 e. The van der Waals surface area contributed by atoms with Crippen molar-refractivity contribution in [2.24, 2.45) is 5.92 Å². The van der Waals surface area contributed by atoms with E-state index in [4.69, 9.17) is 0 Å². The highest BCUT2D eigenvalue weighted by atomic mass is 28.2. The van der Waals surface area contributed by atoms with E-state index in [-0.39, 0.29) is 0 Å². The fraction of sp³-hybridized carbons (Fsp3) is 1.00. The van der Waals surface area contributed by atoms with Gasteiger partial charge in [0.05, 0.1) is 0 Å². The predicted molar refractivity (Wildman–Crippen MR) is 48.4 cm³/mol. The molecule has 1 atom stereocenters. The third kappa shape index (κ3) is 6.30. The lowest BCUT2D eigenvalue weighted by Gasteiger charge is -2.10. The molecule has 0 aromatic carbocycles. The Labute approximate surface area is 68.1 Å². The molecule has 0 heterocycles. The van der Waals surface area contributed by atoms with Crippen LogP contribution < -0.4 is 4.98 Å². The molecule has 1 nitrogen and oxygen atoms in total. The van der Waals surface area contributed by atoms with Crippen LogP contribution in [-0.4, -0.2) is 16.4 Å². The largest absolute Gasteiger partial charge is 0.340 e. The lowest BCUT2D eigenvalue weighted by atomic mass is 10.0. The van der Waals surface area contributed by atoms with Crippen LogP contribution >= 0.6 is 0 Å².